The predicted octanol–water partition coefficient (Wildman–Crippen LogP) is 8.32. The fourth-order valence-electron chi connectivity index (χ4n) is 4.97. The molecule has 0 aromatic heterocycles. The van der Waals surface area contributed by atoms with E-state index in [4.69, 9.17) is 11.6 Å². The Bertz CT molecular complexity index is 589. The Kier molecular flexibility index (Phi) is 7.30. The smallest absolute Gasteiger partial charge is 0.166 e. The first-order valence-corrected chi connectivity index (χ1v) is 10.8. The molecule has 0 saturated heterocycles. The fraction of sp³-hybridized carbons (Fsp3) is 0.652. The van der Waals surface area contributed by atoms with Crippen molar-refractivity contribution in [1.29, 1.82) is 0 Å². The zero-order valence-corrected chi connectivity index (χ0v) is 16.6. The van der Waals surface area contributed by atoms with E-state index in [-0.39, 0.29) is 0 Å². The first kappa shape index (κ1) is 20.8. The van der Waals surface area contributed by atoms with Crippen LogP contribution in [0.3, 0.4) is 0 Å². The van der Waals surface area contributed by atoms with Crippen molar-refractivity contribution >= 4 is 11.6 Å². The molecule has 0 spiro atoms. The Labute approximate surface area is 166 Å². The standard InChI is InChI=1S/C23H30ClF3/c24-16-15-19-5-3-17(4-6-19)1-2-18-7-9-20(10-8-18)21-11-13-22(14-12-21)23(25,26)27/h11-20H,1-10H2. The average Bonchev–Trinajstić information content (AvgIpc) is 2.68. The highest BCUT2D eigenvalue weighted by atomic mass is 35.5. The molecule has 0 atom stereocenters. The van der Waals surface area contributed by atoms with Crippen molar-refractivity contribution in [2.24, 2.45) is 17.8 Å². The van der Waals surface area contributed by atoms with Crippen LogP contribution in [0.5, 0.6) is 0 Å². The number of hydrogen-bond donors (Lipinski definition) is 0. The normalized spacial score (nSPS) is 29.9. The van der Waals surface area contributed by atoms with Crippen LogP contribution < -0.4 is 0 Å². The van der Waals surface area contributed by atoms with E-state index in [9.17, 15) is 13.2 Å². The monoisotopic (exact) mass is 398 g/mol. The highest BCUT2D eigenvalue weighted by Crippen LogP contribution is 2.40. The van der Waals surface area contributed by atoms with Gasteiger partial charge in [-0.05, 0) is 92.7 Å². The lowest BCUT2D eigenvalue weighted by atomic mass is 9.74. The lowest BCUT2D eigenvalue weighted by molar-refractivity contribution is -0.137. The Morgan fingerprint density at radius 3 is 1.81 bits per heavy atom. The van der Waals surface area contributed by atoms with Gasteiger partial charge in [-0.15, -0.1) is 0 Å². The van der Waals surface area contributed by atoms with Crippen molar-refractivity contribution < 1.29 is 13.2 Å². The summed E-state index contributed by atoms with van der Waals surface area (Å²) in [5, 5.41) is 0. The van der Waals surface area contributed by atoms with Gasteiger partial charge in [0, 0.05) is 5.54 Å². The molecule has 0 N–H and O–H groups in total. The summed E-state index contributed by atoms with van der Waals surface area (Å²) in [6.45, 7) is 0. The average molecular weight is 399 g/mol. The minimum atomic E-state index is -4.24. The molecule has 3 rings (SSSR count). The van der Waals surface area contributed by atoms with Crippen LogP contribution >= 0.6 is 11.6 Å². The van der Waals surface area contributed by atoms with Crippen molar-refractivity contribution in [1.82, 2.24) is 0 Å². The highest BCUT2D eigenvalue weighted by Gasteiger charge is 2.31. The van der Waals surface area contributed by atoms with E-state index in [2.05, 4.69) is 6.08 Å². The number of allylic oxidation sites excluding steroid dienone is 1. The summed E-state index contributed by atoms with van der Waals surface area (Å²) < 4.78 is 38.1. The molecule has 2 fully saturated rings. The second kappa shape index (κ2) is 9.49. The van der Waals surface area contributed by atoms with Crippen LogP contribution in [0.15, 0.2) is 35.9 Å². The maximum atomic E-state index is 12.7. The molecule has 0 bridgehead atoms. The largest absolute Gasteiger partial charge is 0.416 e. The molecule has 0 radical (unpaired) electrons. The SMILES string of the molecule is FC(F)(F)c1ccc(C2CCC(CCC3CCC(C=CCl)CC3)CC2)cc1. The van der Waals surface area contributed by atoms with Gasteiger partial charge >= 0.3 is 6.18 Å². The van der Waals surface area contributed by atoms with E-state index < -0.39 is 11.7 Å². The summed E-state index contributed by atoms with van der Waals surface area (Å²) in [4.78, 5) is 0. The molecular formula is C23H30ClF3. The van der Waals surface area contributed by atoms with E-state index in [1.54, 1.807) is 17.7 Å². The van der Waals surface area contributed by atoms with E-state index >= 15 is 0 Å². The van der Waals surface area contributed by atoms with Crippen LogP contribution in [0.2, 0.25) is 0 Å². The zero-order chi connectivity index (χ0) is 19.3. The summed E-state index contributed by atoms with van der Waals surface area (Å²) in [5.41, 5.74) is 2.20. The molecule has 0 unspecified atom stereocenters. The fourth-order valence-corrected chi connectivity index (χ4v) is 5.18. The molecule has 1 aromatic rings. The van der Waals surface area contributed by atoms with Crippen LogP contribution in [0, 0.1) is 17.8 Å². The van der Waals surface area contributed by atoms with Crippen LogP contribution in [0.25, 0.3) is 0 Å². The summed E-state index contributed by atoms with van der Waals surface area (Å²) in [5.74, 6) is 2.79. The molecule has 0 aliphatic heterocycles. The van der Waals surface area contributed by atoms with E-state index in [0.29, 0.717) is 11.8 Å². The maximum absolute atomic E-state index is 12.7. The van der Waals surface area contributed by atoms with E-state index in [0.717, 1.165) is 30.2 Å². The van der Waals surface area contributed by atoms with Gasteiger partial charge < -0.3 is 0 Å². The summed E-state index contributed by atoms with van der Waals surface area (Å²) in [7, 11) is 0. The number of hydrogen-bond acceptors (Lipinski definition) is 0. The molecule has 2 aliphatic rings. The Morgan fingerprint density at radius 1 is 0.815 bits per heavy atom. The van der Waals surface area contributed by atoms with Crippen LogP contribution in [0.4, 0.5) is 13.2 Å². The molecule has 1 aromatic carbocycles. The van der Waals surface area contributed by atoms with Gasteiger partial charge in [0.15, 0.2) is 0 Å². The third kappa shape index (κ3) is 6.01. The molecule has 27 heavy (non-hydrogen) atoms. The molecule has 0 amide bonds. The topological polar surface area (TPSA) is 0 Å². The van der Waals surface area contributed by atoms with Gasteiger partial charge in [-0.25, -0.2) is 0 Å². The van der Waals surface area contributed by atoms with Crippen molar-refractivity contribution in [2.45, 2.75) is 76.3 Å². The van der Waals surface area contributed by atoms with E-state index in [1.807, 2.05) is 0 Å². The summed E-state index contributed by atoms with van der Waals surface area (Å²) in [6.07, 6.45) is 10.4. The third-order valence-corrected chi connectivity index (χ3v) is 6.92. The van der Waals surface area contributed by atoms with Gasteiger partial charge in [-0.2, -0.15) is 13.2 Å². The molecule has 4 heteroatoms. The minimum absolute atomic E-state index is 0.432. The second-order valence-corrected chi connectivity index (χ2v) is 8.77. The Morgan fingerprint density at radius 2 is 1.33 bits per heavy atom. The summed E-state index contributed by atoms with van der Waals surface area (Å²) >= 11 is 5.69. The first-order valence-electron chi connectivity index (χ1n) is 10.4. The summed E-state index contributed by atoms with van der Waals surface area (Å²) in [6, 6.07) is 5.83. The number of rotatable bonds is 5. The number of benzene rings is 1. The number of alkyl halides is 3. The third-order valence-electron chi connectivity index (χ3n) is 6.78. The molecule has 2 aliphatic carbocycles. The Hall–Kier alpha value is -0.960. The maximum Gasteiger partial charge on any atom is 0.416 e. The van der Waals surface area contributed by atoms with Crippen LogP contribution in [-0.4, -0.2) is 0 Å². The molecule has 0 nitrogen and oxygen atoms in total. The van der Waals surface area contributed by atoms with Crippen molar-refractivity contribution in [3.05, 3.63) is 47.0 Å². The predicted molar refractivity (Wildman–Crippen MR) is 106 cm³/mol. The van der Waals surface area contributed by atoms with Gasteiger partial charge in [0.1, 0.15) is 0 Å². The van der Waals surface area contributed by atoms with Crippen LogP contribution in [-0.2, 0) is 6.18 Å². The van der Waals surface area contributed by atoms with E-state index in [1.165, 1.54) is 63.5 Å². The van der Waals surface area contributed by atoms with Gasteiger partial charge in [0.2, 0.25) is 0 Å². The molecule has 0 heterocycles. The lowest BCUT2D eigenvalue weighted by Gasteiger charge is -2.31. The second-order valence-electron chi connectivity index (χ2n) is 8.51. The van der Waals surface area contributed by atoms with Gasteiger partial charge in [-0.1, -0.05) is 42.7 Å². The van der Waals surface area contributed by atoms with Crippen molar-refractivity contribution in [3.63, 3.8) is 0 Å². The molecule has 2 saturated carbocycles. The van der Waals surface area contributed by atoms with Crippen LogP contribution in [0.1, 0.15) is 81.3 Å². The van der Waals surface area contributed by atoms with Crippen molar-refractivity contribution in [3.8, 4) is 0 Å². The van der Waals surface area contributed by atoms with Gasteiger partial charge in [0.05, 0.1) is 5.56 Å². The highest BCUT2D eigenvalue weighted by molar-refractivity contribution is 6.25. The lowest BCUT2D eigenvalue weighted by Crippen LogP contribution is -2.17. The van der Waals surface area contributed by atoms with Crippen molar-refractivity contribution in [2.75, 3.05) is 0 Å². The molecular weight excluding hydrogens is 369 g/mol. The molecule has 150 valence electrons. The van der Waals surface area contributed by atoms with Gasteiger partial charge in [0.25, 0.3) is 0 Å². The number of halogens is 4. The quantitative estimate of drug-likeness (QED) is 0.467. The van der Waals surface area contributed by atoms with Gasteiger partial charge in [-0.3, -0.25) is 0 Å². The zero-order valence-electron chi connectivity index (χ0n) is 15.9. The first-order chi connectivity index (χ1) is 13.0. The Balaban J connectivity index is 1.39. The minimum Gasteiger partial charge on any atom is -0.166 e.